The first-order valence-corrected chi connectivity index (χ1v) is 7.52. The number of nitrogens with zero attached hydrogens (tertiary/aromatic N) is 4. The second kappa shape index (κ2) is 7.03. The summed E-state index contributed by atoms with van der Waals surface area (Å²) in [7, 11) is 0. The first-order chi connectivity index (χ1) is 11.6. The molecule has 1 N–H and O–H groups in total. The fourth-order valence-electron chi connectivity index (χ4n) is 2.52. The van der Waals surface area contributed by atoms with Gasteiger partial charge in [0.05, 0.1) is 5.69 Å². The Hall–Kier alpha value is -3.03. The third-order valence-corrected chi connectivity index (χ3v) is 3.75. The quantitative estimate of drug-likeness (QED) is 0.829. The van der Waals surface area contributed by atoms with Crippen molar-refractivity contribution in [3.05, 3.63) is 48.5 Å². The molecule has 1 fully saturated rings. The molecule has 0 aliphatic carbocycles. The Labute approximate surface area is 138 Å². The molecule has 2 heterocycles. The number of halogens is 1. The average Bonchev–Trinajstić information content (AvgIpc) is 2.62. The largest absolute Gasteiger partial charge is 0.366 e. The van der Waals surface area contributed by atoms with Gasteiger partial charge in [0.2, 0.25) is 5.95 Å². The maximum absolute atomic E-state index is 13.8. The van der Waals surface area contributed by atoms with Crippen LogP contribution < -0.4 is 10.2 Å². The number of aromatic nitrogens is 2. The number of benzene rings is 1. The molecule has 0 spiro atoms. The van der Waals surface area contributed by atoms with Gasteiger partial charge in [-0.25, -0.2) is 14.4 Å². The van der Waals surface area contributed by atoms with Crippen LogP contribution in [0, 0.1) is 5.82 Å². The topological polar surface area (TPSA) is 78.4 Å². The molecule has 0 bridgehead atoms. The molecule has 1 aromatic heterocycles. The van der Waals surface area contributed by atoms with Crippen LogP contribution in [0.5, 0.6) is 0 Å². The second-order valence-electron chi connectivity index (χ2n) is 5.26. The summed E-state index contributed by atoms with van der Waals surface area (Å²) in [6.45, 7) is 1.61. The first kappa shape index (κ1) is 15.9. The van der Waals surface area contributed by atoms with Crippen LogP contribution in [-0.4, -0.2) is 52.9 Å². The van der Waals surface area contributed by atoms with Crippen LogP contribution in [0.3, 0.4) is 0 Å². The summed E-state index contributed by atoms with van der Waals surface area (Å²) < 4.78 is 13.8. The van der Waals surface area contributed by atoms with E-state index in [0.717, 1.165) is 0 Å². The molecule has 24 heavy (non-hydrogen) atoms. The Kier molecular flexibility index (Phi) is 4.64. The smallest absolute Gasteiger partial charge is 0.316 e. The van der Waals surface area contributed by atoms with Crippen molar-refractivity contribution in [2.45, 2.75) is 0 Å². The molecule has 8 heteroatoms. The lowest BCUT2D eigenvalue weighted by atomic mass is 10.2. The summed E-state index contributed by atoms with van der Waals surface area (Å²) in [5.41, 5.74) is 0.506. The maximum Gasteiger partial charge on any atom is 0.316 e. The normalized spacial score (nSPS) is 14.4. The zero-order chi connectivity index (χ0) is 16.9. The third-order valence-electron chi connectivity index (χ3n) is 3.75. The highest BCUT2D eigenvalue weighted by Gasteiger charge is 2.27. The first-order valence-electron chi connectivity index (χ1n) is 7.52. The SMILES string of the molecule is O=C(Nc1ncccn1)C(=O)N1CCN(c2ccccc2F)CC1. The minimum atomic E-state index is -0.777. The standard InChI is InChI=1S/C16H16FN5O2/c17-12-4-1-2-5-13(12)21-8-10-22(11-9-21)15(24)14(23)20-16-18-6-3-7-19-16/h1-7H,8-11H2,(H,18,19,20,23). The van der Waals surface area contributed by atoms with Crippen molar-refractivity contribution < 1.29 is 14.0 Å². The summed E-state index contributed by atoms with van der Waals surface area (Å²) in [6.07, 6.45) is 2.94. The maximum atomic E-state index is 13.8. The van der Waals surface area contributed by atoms with Crippen molar-refractivity contribution in [2.75, 3.05) is 36.4 Å². The number of hydrogen-bond donors (Lipinski definition) is 1. The van der Waals surface area contributed by atoms with E-state index in [1.54, 1.807) is 24.3 Å². The number of amides is 2. The van der Waals surface area contributed by atoms with Gasteiger partial charge in [-0.3, -0.25) is 14.9 Å². The van der Waals surface area contributed by atoms with E-state index in [9.17, 15) is 14.0 Å². The van der Waals surface area contributed by atoms with Crippen LogP contribution in [0.2, 0.25) is 0 Å². The summed E-state index contributed by atoms with van der Waals surface area (Å²) >= 11 is 0. The zero-order valence-electron chi connectivity index (χ0n) is 12.9. The van der Waals surface area contributed by atoms with Gasteiger partial charge in [0, 0.05) is 38.6 Å². The predicted octanol–water partition coefficient (Wildman–Crippen LogP) is 0.903. The van der Waals surface area contributed by atoms with Gasteiger partial charge in [-0.1, -0.05) is 12.1 Å². The molecular weight excluding hydrogens is 313 g/mol. The molecule has 124 valence electrons. The molecule has 1 aliphatic heterocycles. The molecule has 0 unspecified atom stereocenters. The highest BCUT2D eigenvalue weighted by Crippen LogP contribution is 2.20. The van der Waals surface area contributed by atoms with Crippen molar-refractivity contribution in [1.82, 2.24) is 14.9 Å². The lowest BCUT2D eigenvalue weighted by Crippen LogP contribution is -2.51. The monoisotopic (exact) mass is 329 g/mol. The van der Waals surface area contributed by atoms with E-state index in [0.29, 0.717) is 31.9 Å². The van der Waals surface area contributed by atoms with Gasteiger partial charge in [0.1, 0.15) is 5.82 Å². The van der Waals surface area contributed by atoms with Crippen LogP contribution in [0.4, 0.5) is 16.0 Å². The fourth-order valence-corrected chi connectivity index (χ4v) is 2.52. The van der Waals surface area contributed by atoms with Crippen molar-refractivity contribution in [2.24, 2.45) is 0 Å². The Morgan fingerprint density at radius 2 is 1.67 bits per heavy atom. The number of carbonyl (C=O) groups excluding carboxylic acids is 2. The second-order valence-corrected chi connectivity index (χ2v) is 5.26. The van der Waals surface area contributed by atoms with Crippen molar-refractivity contribution in [3.8, 4) is 0 Å². The number of rotatable bonds is 2. The minimum absolute atomic E-state index is 0.0841. The number of para-hydroxylation sites is 1. The number of nitrogens with one attached hydrogen (secondary N) is 1. The molecule has 1 aromatic carbocycles. The summed E-state index contributed by atoms with van der Waals surface area (Å²) in [4.78, 5) is 35.1. The molecule has 3 rings (SSSR count). The predicted molar refractivity (Wildman–Crippen MR) is 85.9 cm³/mol. The molecule has 7 nitrogen and oxygen atoms in total. The molecular formula is C16H16FN5O2. The Morgan fingerprint density at radius 1 is 1.00 bits per heavy atom. The fraction of sp³-hybridized carbons (Fsp3) is 0.250. The molecule has 0 radical (unpaired) electrons. The highest BCUT2D eigenvalue weighted by molar-refractivity contribution is 6.39. The van der Waals surface area contributed by atoms with Gasteiger partial charge in [0.15, 0.2) is 0 Å². The molecule has 0 atom stereocenters. The van der Waals surface area contributed by atoms with E-state index in [1.165, 1.54) is 23.4 Å². The number of piperazine rings is 1. The van der Waals surface area contributed by atoms with Crippen LogP contribution in [-0.2, 0) is 9.59 Å². The van der Waals surface area contributed by atoms with Crippen LogP contribution in [0.1, 0.15) is 0 Å². The van der Waals surface area contributed by atoms with E-state index < -0.39 is 11.8 Å². The van der Waals surface area contributed by atoms with Crippen LogP contribution >= 0.6 is 0 Å². The van der Waals surface area contributed by atoms with E-state index in [4.69, 9.17) is 0 Å². The van der Waals surface area contributed by atoms with Gasteiger partial charge >= 0.3 is 11.8 Å². The number of anilines is 2. The summed E-state index contributed by atoms with van der Waals surface area (Å²) in [5, 5.41) is 2.37. The average molecular weight is 329 g/mol. The van der Waals surface area contributed by atoms with Crippen molar-refractivity contribution in [1.29, 1.82) is 0 Å². The van der Waals surface area contributed by atoms with Gasteiger partial charge in [0.25, 0.3) is 0 Å². The Balaban J connectivity index is 1.57. The van der Waals surface area contributed by atoms with Crippen LogP contribution in [0.25, 0.3) is 0 Å². The molecule has 2 aromatic rings. The Morgan fingerprint density at radius 3 is 2.33 bits per heavy atom. The van der Waals surface area contributed by atoms with Gasteiger partial charge in [-0.05, 0) is 18.2 Å². The van der Waals surface area contributed by atoms with E-state index >= 15 is 0 Å². The van der Waals surface area contributed by atoms with Crippen molar-refractivity contribution >= 4 is 23.5 Å². The van der Waals surface area contributed by atoms with E-state index in [-0.39, 0.29) is 11.8 Å². The number of carbonyl (C=O) groups is 2. The van der Waals surface area contributed by atoms with E-state index in [2.05, 4.69) is 15.3 Å². The van der Waals surface area contributed by atoms with E-state index in [1.807, 2.05) is 4.90 Å². The summed E-state index contributed by atoms with van der Waals surface area (Å²) in [6, 6.07) is 8.11. The van der Waals surface area contributed by atoms with Gasteiger partial charge < -0.3 is 9.80 Å². The third kappa shape index (κ3) is 3.48. The summed E-state index contributed by atoms with van der Waals surface area (Å²) in [5.74, 6) is -1.63. The van der Waals surface area contributed by atoms with Crippen LogP contribution in [0.15, 0.2) is 42.7 Å². The highest BCUT2D eigenvalue weighted by atomic mass is 19.1. The van der Waals surface area contributed by atoms with Gasteiger partial charge in [-0.2, -0.15) is 0 Å². The Bertz CT molecular complexity index is 732. The van der Waals surface area contributed by atoms with Crippen molar-refractivity contribution in [3.63, 3.8) is 0 Å². The van der Waals surface area contributed by atoms with Gasteiger partial charge in [-0.15, -0.1) is 0 Å². The number of hydrogen-bond acceptors (Lipinski definition) is 5. The lowest BCUT2D eigenvalue weighted by Gasteiger charge is -2.35. The molecule has 0 saturated carbocycles. The molecule has 1 aliphatic rings. The lowest BCUT2D eigenvalue weighted by molar-refractivity contribution is -0.143. The zero-order valence-corrected chi connectivity index (χ0v) is 12.9. The molecule has 1 saturated heterocycles. The minimum Gasteiger partial charge on any atom is -0.366 e. The molecule has 2 amide bonds.